The third kappa shape index (κ3) is 8.21. The Morgan fingerprint density at radius 1 is 1.08 bits per heavy atom. The van der Waals surface area contributed by atoms with E-state index in [2.05, 4.69) is 5.32 Å². The number of hydrogen-bond acceptors (Lipinski definition) is 4. The van der Waals surface area contributed by atoms with E-state index in [1.807, 2.05) is 57.2 Å². The number of aryl methyl sites for hydroxylation is 2. The average molecular weight is 562 g/mol. The van der Waals surface area contributed by atoms with E-state index >= 15 is 0 Å². The van der Waals surface area contributed by atoms with Crippen LogP contribution in [-0.4, -0.2) is 50.0 Å². The van der Waals surface area contributed by atoms with E-state index in [0.29, 0.717) is 23.6 Å². The Morgan fingerprint density at radius 3 is 2.29 bits per heavy atom. The molecule has 3 rings (SSSR count). The van der Waals surface area contributed by atoms with Crippen LogP contribution in [0.3, 0.4) is 0 Å². The molecule has 0 heterocycles. The molecule has 208 valence electrons. The maximum absolute atomic E-state index is 13.6. The van der Waals surface area contributed by atoms with Gasteiger partial charge in [-0.2, -0.15) is 0 Å². The fourth-order valence-corrected chi connectivity index (χ4v) is 6.34. The van der Waals surface area contributed by atoms with Crippen molar-refractivity contribution >= 4 is 39.1 Å². The molecule has 1 aliphatic carbocycles. The molecule has 1 atom stereocenters. The first-order valence-corrected chi connectivity index (χ1v) is 15.6. The second kappa shape index (κ2) is 13.5. The van der Waals surface area contributed by atoms with Crippen molar-refractivity contribution in [3.05, 3.63) is 64.2 Å². The fourth-order valence-electron chi connectivity index (χ4n) is 5.20. The van der Waals surface area contributed by atoms with Crippen LogP contribution >= 0.6 is 11.6 Å². The normalized spacial score (nSPS) is 14.8. The summed E-state index contributed by atoms with van der Waals surface area (Å²) in [5.41, 5.74) is 3.29. The standard InChI is InChI=1S/C29H40ClN3O4S/c1-5-27(29(35)31-24-12-7-8-13-24)32(20-23-11-6-9-14-26(23)30)28(34)15-10-16-33(38(4,36)37)25-18-21(2)17-22(3)19-25/h6,9,11,14,17-19,24,27H,5,7-8,10,12-13,15-16,20H2,1-4H3,(H,31,35)/t27-/m1/s1. The van der Waals surface area contributed by atoms with Crippen LogP contribution in [0.2, 0.25) is 5.02 Å². The summed E-state index contributed by atoms with van der Waals surface area (Å²) in [7, 11) is -3.54. The van der Waals surface area contributed by atoms with Crippen LogP contribution in [0.15, 0.2) is 42.5 Å². The van der Waals surface area contributed by atoms with Crippen molar-refractivity contribution in [2.45, 2.75) is 84.3 Å². The van der Waals surface area contributed by atoms with Crippen LogP contribution < -0.4 is 9.62 Å². The first-order valence-electron chi connectivity index (χ1n) is 13.4. The number of anilines is 1. The van der Waals surface area contributed by atoms with E-state index < -0.39 is 16.1 Å². The molecule has 1 aliphatic rings. The zero-order valence-corrected chi connectivity index (χ0v) is 24.4. The van der Waals surface area contributed by atoms with Gasteiger partial charge in [0.1, 0.15) is 6.04 Å². The molecule has 0 unspecified atom stereocenters. The summed E-state index contributed by atoms with van der Waals surface area (Å²) in [6.07, 6.45) is 6.18. The Labute approximate surface area is 232 Å². The molecule has 0 aliphatic heterocycles. The van der Waals surface area contributed by atoms with E-state index in [1.54, 1.807) is 11.0 Å². The lowest BCUT2D eigenvalue weighted by Crippen LogP contribution is -2.51. The minimum atomic E-state index is -3.54. The lowest BCUT2D eigenvalue weighted by atomic mass is 10.1. The second-order valence-electron chi connectivity index (χ2n) is 10.3. The number of amides is 2. The predicted octanol–water partition coefficient (Wildman–Crippen LogP) is 5.37. The molecule has 0 aromatic heterocycles. The third-order valence-electron chi connectivity index (χ3n) is 7.03. The van der Waals surface area contributed by atoms with Gasteiger partial charge < -0.3 is 10.2 Å². The molecule has 0 bridgehead atoms. The Kier molecular flexibility index (Phi) is 10.6. The topological polar surface area (TPSA) is 86.8 Å². The molecule has 1 N–H and O–H groups in total. The van der Waals surface area contributed by atoms with E-state index in [4.69, 9.17) is 11.6 Å². The molecule has 2 aromatic carbocycles. The Bertz CT molecular complexity index is 1210. The monoisotopic (exact) mass is 561 g/mol. The zero-order valence-electron chi connectivity index (χ0n) is 22.9. The van der Waals surface area contributed by atoms with Gasteiger partial charge in [-0.3, -0.25) is 13.9 Å². The SMILES string of the molecule is CC[C@H](C(=O)NC1CCCC1)N(Cc1ccccc1Cl)C(=O)CCCN(c1cc(C)cc(C)c1)S(C)(=O)=O. The van der Waals surface area contributed by atoms with Crippen LogP contribution in [0.4, 0.5) is 5.69 Å². The highest BCUT2D eigenvalue weighted by molar-refractivity contribution is 7.92. The average Bonchev–Trinajstić information content (AvgIpc) is 3.34. The van der Waals surface area contributed by atoms with Crippen molar-refractivity contribution in [3.8, 4) is 0 Å². The number of hydrogen-bond donors (Lipinski definition) is 1. The Hall–Kier alpha value is -2.58. The lowest BCUT2D eigenvalue weighted by Gasteiger charge is -2.32. The summed E-state index contributed by atoms with van der Waals surface area (Å²) in [5, 5.41) is 3.68. The van der Waals surface area contributed by atoms with Gasteiger partial charge in [-0.1, -0.05) is 55.6 Å². The third-order valence-corrected chi connectivity index (χ3v) is 8.60. The number of benzene rings is 2. The first kappa shape index (κ1) is 30.0. The minimum absolute atomic E-state index is 0.106. The lowest BCUT2D eigenvalue weighted by molar-refractivity contribution is -0.141. The van der Waals surface area contributed by atoms with Crippen molar-refractivity contribution in [1.29, 1.82) is 0 Å². The molecule has 2 aromatic rings. The molecular weight excluding hydrogens is 522 g/mol. The molecule has 38 heavy (non-hydrogen) atoms. The predicted molar refractivity (Wildman–Crippen MR) is 154 cm³/mol. The van der Waals surface area contributed by atoms with Gasteiger partial charge in [-0.15, -0.1) is 0 Å². The number of rotatable bonds is 12. The number of carbonyl (C=O) groups is 2. The number of nitrogens with zero attached hydrogens (tertiary/aromatic N) is 2. The van der Waals surface area contributed by atoms with Gasteiger partial charge in [0, 0.05) is 30.6 Å². The van der Waals surface area contributed by atoms with Crippen LogP contribution in [0.25, 0.3) is 0 Å². The number of nitrogens with one attached hydrogen (secondary N) is 1. The first-order chi connectivity index (χ1) is 18.0. The summed E-state index contributed by atoms with van der Waals surface area (Å²) in [5.74, 6) is -0.347. The number of halogens is 1. The van der Waals surface area contributed by atoms with Gasteiger partial charge in [0.15, 0.2) is 0 Å². The fraction of sp³-hybridized carbons (Fsp3) is 0.517. The van der Waals surface area contributed by atoms with Crippen LogP contribution in [0.5, 0.6) is 0 Å². The summed E-state index contributed by atoms with van der Waals surface area (Å²) in [4.78, 5) is 28.5. The summed E-state index contributed by atoms with van der Waals surface area (Å²) in [6, 6.07) is 12.5. The molecule has 7 nitrogen and oxygen atoms in total. The molecule has 1 saturated carbocycles. The number of sulfonamides is 1. The van der Waals surface area contributed by atoms with Crippen molar-refractivity contribution in [1.82, 2.24) is 10.2 Å². The number of carbonyl (C=O) groups excluding carboxylic acids is 2. The quantitative estimate of drug-likeness (QED) is 0.377. The molecule has 2 amide bonds. The molecule has 1 fully saturated rings. The van der Waals surface area contributed by atoms with Crippen molar-refractivity contribution in [2.75, 3.05) is 17.1 Å². The smallest absolute Gasteiger partial charge is 0.243 e. The van der Waals surface area contributed by atoms with Gasteiger partial charge in [0.25, 0.3) is 0 Å². The summed E-state index contributed by atoms with van der Waals surface area (Å²) >= 11 is 6.42. The maximum atomic E-state index is 13.6. The largest absolute Gasteiger partial charge is 0.352 e. The minimum Gasteiger partial charge on any atom is -0.352 e. The van der Waals surface area contributed by atoms with Gasteiger partial charge in [0.2, 0.25) is 21.8 Å². The van der Waals surface area contributed by atoms with Gasteiger partial charge in [-0.05, 0) is 74.4 Å². The highest BCUT2D eigenvalue weighted by Crippen LogP contribution is 2.24. The van der Waals surface area contributed by atoms with Gasteiger partial charge in [0.05, 0.1) is 11.9 Å². The highest BCUT2D eigenvalue weighted by Gasteiger charge is 2.31. The highest BCUT2D eigenvalue weighted by atomic mass is 35.5. The van der Waals surface area contributed by atoms with Crippen molar-refractivity contribution < 1.29 is 18.0 Å². The van der Waals surface area contributed by atoms with Crippen LogP contribution in [0.1, 0.15) is 68.6 Å². The molecule has 0 spiro atoms. The molecular formula is C29H40ClN3O4S. The summed E-state index contributed by atoms with van der Waals surface area (Å²) < 4.78 is 26.6. The van der Waals surface area contributed by atoms with E-state index in [0.717, 1.165) is 42.4 Å². The Balaban J connectivity index is 1.78. The van der Waals surface area contributed by atoms with Gasteiger partial charge in [-0.25, -0.2) is 8.42 Å². The van der Waals surface area contributed by atoms with E-state index in [9.17, 15) is 18.0 Å². The van der Waals surface area contributed by atoms with Crippen LogP contribution in [0, 0.1) is 13.8 Å². The zero-order chi connectivity index (χ0) is 27.9. The Morgan fingerprint density at radius 2 is 1.71 bits per heavy atom. The van der Waals surface area contributed by atoms with E-state index in [1.165, 1.54) is 10.6 Å². The van der Waals surface area contributed by atoms with Crippen molar-refractivity contribution in [3.63, 3.8) is 0 Å². The van der Waals surface area contributed by atoms with Gasteiger partial charge >= 0.3 is 0 Å². The molecule has 9 heteroatoms. The molecule has 0 radical (unpaired) electrons. The van der Waals surface area contributed by atoms with Crippen LogP contribution in [-0.2, 0) is 26.2 Å². The molecule has 0 saturated heterocycles. The van der Waals surface area contributed by atoms with E-state index in [-0.39, 0.29) is 37.4 Å². The second-order valence-corrected chi connectivity index (χ2v) is 12.6. The maximum Gasteiger partial charge on any atom is 0.243 e. The van der Waals surface area contributed by atoms with Crippen molar-refractivity contribution in [2.24, 2.45) is 0 Å². The summed E-state index contributed by atoms with van der Waals surface area (Å²) in [6.45, 7) is 6.13.